The molecule has 126 valence electrons. The summed E-state index contributed by atoms with van der Waals surface area (Å²) in [4.78, 5) is 23.0. The smallest absolute Gasteiger partial charge is 0.412 e. The molecule has 23 heavy (non-hydrogen) atoms. The topological polar surface area (TPSA) is 55.4 Å². The molecule has 1 amide bonds. The van der Waals surface area contributed by atoms with Crippen molar-refractivity contribution in [1.29, 1.82) is 0 Å². The number of rotatable bonds is 4. The van der Waals surface area contributed by atoms with Crippen LogP contribution >= 0.6 is 0 Å². The third-order valence-electron chi connectivity index (χ3n) is 4.23. The van der Waals surface area contributed by atoms with Gasteiger partial charge in [-0.25, -0.2) is 4.79 Å². The summed E-state index contributed by atoms with van der Waals surface area (Å²) in [7, 11) is 0. The lowest BCUT2D eigenvalue weighted by Crippen LogP contribution is -2.46. The van der Waals surface area contributed by atoms with E-state index in [9.17, 15) is 9.59 Å². The Kier molecular flexibility index (Phi) is 4.56. The van der Waals surface area contributed by atoms with Crippen molar-refractivity contribution >= 4 is 18.1 Å². The Bertz CT molecular complexity index is 591. The molecule has 1 aliphatic rings. The number of hydrogen-bond acceptors (Lipinski definition) is 3. The Hall–Kier alpha value is -1.84. The van der Waals surface area contributed by atoms with Gasteiger partial charge in [-0.1, -0.05) is 26.0 Å². The van der Waals surface area contributed by atoms with E-state index in [4.69, 9.17) is 4.74 Å². The van der Waals surface area contributed by atoms with E-state index in [2.05, 4.69) is 19.2 Å². The lowest BCUT2D eigenvalue weighted by atomic mass is 9.51. The fourth-order valence-electron chi connectivity index (χ4n) is 3.75. The molecule has 0 aromatic heterocycles. The standard InChI is InChI=1S/C19H27NO3/c1-17(2,3)23-16(22)20-15-8-6-7-14(11-15)19(9-10-21)12-18(4,5)13-19/h6-8,10-11H,9,12-13H2,1-5H3,(H,20,22). The lowest BCUT2D eigenvalue weighted by Gasteiger charge is -2.53. The molecule has 1 saturated carbocycles. The first-order valence-electron chi connectivity index (χ1n) is 8.10. The Morgan fingerprint density at radius 1 is 1.30 bits per heavy atom. The normalized spacial score (nSPS) is 18.7. The summed E-state index contributed by atoms with van der Waals surface area (Å²) in [5.41, 5.74) is 1.44. The van der Waals surface area contributed by atoms with Gasteiger partial charge in [-0.05, 0) is 56.7 Å². The van der Waals surface area contributed by atoms with E-state index < -0.39 is 11.7 Å². The van der Waals surface area contributed by atoms with Crippen LogP contribution in [0.15, 0.2) is 24.3 Å². The van der Waals surface area contributed by atoms with Crippen LogP contribution in [0.3, 0.4) is 0 Å². The predicted octanol–water partition coefficient (Wildman–Crippen LogP) is 4.68. The highest BCUT2D eigenvalue weighted by Crippen LogP contribution is 2.57. The first-order chi connectivity index (χ1) is 10.6. The SMILES string of the molecule is CC1(C)CC(CC=O)(c2cccc(NC(=O)OC(C)(C)C)c2)C1. The number of carbonyl (C=O) groups excluding carboxylic acids is 2. The Morgan fingerprint density at radius 2 is 1.96 bits per heavy atom. The van der Waals surface area contributed by atoms with Gasteiger partial charge in [-0.15, -0.1) is 0 Å². The molecule has 2 rings (SSSR count). The van der Waals surface area contributed by atoms with E-state index in [-0.39, 0.29) is 10.8 Å². The Balaban J connectivity index is 2.16. The van der Waals surface area contributed by atoms with E-state index in [1.165, 1.54) is 0 Å². The van der Waals surface area contributed by atoms with Crippen molar-refractivity contribution < 1.29 is 14.3 Å². The molecule has 1 fully saturated rings. The molecule has 1 aromatic carbocycles. The number of hydrogen-bond donors (Lipinski definition) is 1. The van der Waals surface area contributed by atoms with Gasteiger partial charge in [0.2, 0.25) is 0 Å². The number of nitrogens with one attached hydrogen (secondary N) is 1. The van der Waals surface area contributed by atoms with Crippen molar-refractivity contribution in [2.75, 3.05) is 5.32 Å². The van der Waals surface area contributed by atoms with E-state index >= 15 is 0 Å². The average Bonchev–Trinajstić information content (AvgIpc) is 2.34. The summed E-state index contributed by atoms with van der Waals surface area (Å²) in [5.74, 6) is 0. The highest BCUT2D eigenvalue weighted by molar-refractivity contribution is 5.85. The highest BCUT2D eigenvalue weighted by atomic mass is 16.6. The minimum atomic E-state index is -0.529. The number of benzene rings is 1. The van der Waals surface area contributed by atoms with E-state index in [0.717, 1.165) is 24.7 Å². The third kappa shape index (κ3) is 4.34. The van der Waals surface area contributed by atoms with Gasteiger partial charge in [-0.2, -0.15) is 0 Å². The second-order valence-electron chi connectivity index (χ2n) is 8.38. The zero-order chi connectivity index (χ0) is 17.3. The molecular formula is C19H27NO3. The minimum absolute atomic E-state index is 0.100. The largest absolute Gasteiger partial charge is 0.444 e. The molecular weight excluding hydrogens is 290 g/mol. The maximum atomic E-state index is 11.9. The van der Waals surface area contributed by atoms with Crippen LogP contribution in [-0.2, 0) is 14.9 Å². The summed E-state index contributed by atoms with van der Waals surface area (Å²) in [6.07, 6.45) is 3.02. The Morgan fingerprint density at radius 3 is 2.48 bits per heavy atom. The second kappa shape index (κ2) is 5.99. The number of aldehydes is 1. The van der Waals surface area contributed by atoms with E-state index in [1.807, 2.05) is 45.0 Å². The van der Waals surface area contributed by atoms with Gasteiger partial charge in [0, 0.05) is 17.5 Å². The van der Waals surface area contributed by atoms with Gasteiger partial charge in [-0.3, -0.25) is 5.32 Å². The van der Waals surface area contributed by atoms with Crippen molar-refractivity contribution in [3.63, 3.8) is 0 Å². The molecule has 4 nitrogen and oxygen atoms in total. The quantitative estimate of drug-likeness (QED) is 0.820. The van der Waals surface area contributed by atoms with Crippen LogP contribution < -0.4 is 5.32 Å². The molecule has 1 aliphatic carbocycles. The second-order valence-corrected chi connectivity index (χ2v) is 8.38. The zero-order valence-corrected chi connectivity index (χ0v) is 14.7. The molecule has 0 heterocycles. The predicted molar refractivity (Wildman–Crippen MR) is 91.7 cm³/mol. The highest BCUT2D eigenvalue weighted by Gasteiger charge is 2.49. The molecule has 0 spiro atoms. The molecule has 4 heteroatoms. The molecule has 0 radical (unpaired) electrons. The molecule has 1 aromatic rings. The fourth-order valence-corrected chi connectivity index (χ4v) is 3.75. The van der Waals surface area contributed by atoms with Gasteiger partial charge in [0.15, 0.2) is 0 Å². The summed E-state index contributed by atoms with van der Waals surface area (Å²) in [6.45, 7) is 9.94. The van der Waals surface area contributed by atoms with Crippen molar-refractivity contribution in [3.05, 3.63) is 29.8 Å². The van der Waals surface area contributed by atoms with Crippen LogP contribution in [0, 0.1) is 5.41 Å². The summed E-state index contributed by atoms with van der Waals surface area (Å²) in [5, 5.41) is 2.77. The molecule has 0 saturated heterocycles. The fraction of sp³-hybridized carbons (Fsp3) is 0.579. The molecule has 1 N–H and O–H groups in total. The van der Waals surface area contributed by atoms with Crippen LogP contribution in [0.1, 0.15) is 59.4 Å². The molecule has 0 bridgehead atoms. The third-order valence-corrected chi connectivity index (χ3v) is 4.23. The maximum absolute atomic E-state index is 11.9. The zero-order valence-electron chi connectivity index (χ0n) is 14.7. The van der Waals surface area contributed by atoms with Crippen LogP contribution in [0.4, 0.5) is 10.5 Å². The van der Waals surface area contributed by atoms with Gasteiger partial charge in [0.1, 0.15) is 11.9 Å². The molecule has 0 aliphatic heterocycles. The number of ether oxygens (including phenoxy) is 1. The number of anilines is 1. The van der Waals surface area contributed by atoms with Gasteiger partial charge >= 0.3 is 6.09 Å². The monoisotopic (exact) mass is 317 g/mol. The maximum Gasteiger partial charge on any atom is 0.412 e. The van der Waals surface area contributed by atoms with Gasteiger partial charge in [0.05, 0.1) is 0 Å². The first-order valence-corrected chi connectivity index (χ1v) is 8.10. The van der Waals surface area contributed by atoms with Crippen molar-refractivity contribution in [3.8, 4) is 0 Å². The summed E-state index contributed by atoms with van der Waals surface area (Å²) in [6, 6.07) is 7.76. The van der Waals surface area contributed by atoms with Crippen LogP contribution in [0.25, 0.3) is 0 Å². The van der Waals surface area contributed by atoms with Crippen molar-refractivity contribution in [1.82, 2.24) is 0 Å². The van der Waals surface area contributed by atoms with E-state index in [1.54, 1.807) is 0 Å². The van der Waals surface area contributed by atoms with Gasteiger partial charge < -0.3 is 9.53 Å². The molecule has 0 atom stereocenters. The van der Waals surface area contributed by atoms with E-state index in [0.29, 0.717) is 12.1 Å². The lowest BCUT2D eigenvalue weighted by molar-refractivity contribution is -0.111. The Labute approximate surface area is 138 Å². The van der Waals surface area contributed by atoms with Crippen LogP contribution in [0.2, 0.25) is 0 Å². The van der Waals surface area contributed by atoms with Crippen LogP contribution in [-0.4, -0.2) is 18.0 Å². The van der Waals surface area contributed by atoms with Crippen molar-refractivity contribution in [2.24, 2.45) is 5.41 Å². The number of amides is 1. The van der Waals surface area contributed by atoms with Gasteiger partial charge in [0.25, 0.3) is 0 Å². The number of carbonyl (C=O) groups is 2. The van der Waals surface area contributed by atoms with Crippen molar-refractivity contribution in [2.45, 2.75) is 64.9 Å². The minimum Gasteiger partial charge on any atom is -0.444 e. The average molecular weight is 317 g/mol. The molecule has 0 unspecified atom stereocenters. The first kappa shape index (κ1) is 17.5. The van der Waals surface area contributed by atoms with Crippen LogP contribution in [0.5, 0.6) is 0 Å². The summed E-state index contributed by atoms with van der Waals surface area (Å²) < 4.78 is 5.28. The summed E-state index contributed by atoms with van der Waals surface area (Å²) >= 11 is 0.